The summed E-state index contributed by atoms with van der Waals surface area (Å²) >= 11 is 0. The molecule has 0 spiro atoms. The number of aromatic nitrogens is 3. The van der Waals surface area contributed by atoms with Crippen LogP contribution in [0.5, 0.6) is 0 Å². The van der Waals surface area contributed by atoms with Gasteiger partial charge in [-0.2, -0.15) is 0 Å². The molecule has 1 saturated carbocycles. The minimum absolute atomic E-state index is 0.0248. The molecular formula is C23H26N4O. The van der Waals surface area contributed by atoms with Gasteiger partial charge in [0.1, 0.15) is 5.82 Å². The number of aryl methyl sites for hydroxylation is 2. The van der Waals surface area contributed by atoms with Gasteiger partial charge in [0.2, 0.25) is 0 Å². The lowest BCUT2D eigenvalue weighted by Gasteiger charge is -2.31. The smallest absolute Gasteiger partial charge is 0.253 e. The molecule has 0 atom stereocenters. The first-order chi connectivity index (χ1) is 13.8. The molecule has 1 fully saturated rings. The van der Waals surface area contributed by atoms with Crippen molar-refractivity contribution in [3.05, 3.63) is 59.7 Å². The molecule has 28 heavy (non-hydrogen) atoms. The van der Waals surface area contributed by atoms with Crippen molar-refractivity contribution in [3.8, 4) is 11.4 Å². The summed E-state index contributed by atoms with van der Waals surface area (Å²) in [6, 6.07) is 9.02. The van der Waals surface area contributed by atoms with Crippen LogP contribution in [0.25, 0.3) is 11.4 Å². The molecule has 4 aliphatic rings. The zero-order valence-corrected chi connectivity index (χ0v) is 16.1. The first-order valence-corrected chi connectivity index (χ1v) is 10.5. The van der Waals surface area contributed by atoms with Gasteiger partial charge >= 0.3 is 0 Å². The van der Waals surface area contributed by atoms with Gasteiger partial charge in [-0.3, -0.25) is 9.78 Å². The Morgan fingerprint density at radius 1 is 1.07 bits per heavy atom. The van der Waals surface area contributed by atoms with Crippen molar-refractivity contribution >= 4 is 5.91 Å². The third kappa shape index (κ3) is 3.30. The predicted molar refractivity (Wildman–Crippen MR) is 108 cm³/mol. The molecule has 1 aromatic rings. The molecule has 1 aromatic heterocycles. The Balaban J connectivity index is 1.22. The normalized spacial score (nSPS) is 22.0. The van der Waals surface area contributed by atoms with Gasteiger partial charge in [0.05, 0.1) is 5.56 Å². The van der Waals surface area contributed by atoms with Gasteiger partial charge in [-0.1, -0.05) is 0 Å². The van der Waals surface area contributed by atoms with Crippen LogP contribution in [0.4, 0.5) is 0 Å². The van der Waals surface area contributed by atoms with Crippen molar-refractivity contribution in [2.24, 2.45) is 0 Å². The zero-order valence-electron chi connectivity index (χ0n) is 16.1. The van der Waals surface area contributed by atoms with Crippen LogP contribution in [0.1, 0.15) is 66.2 Å². The summed E-state index contributed by atoms with van der Waals surface area (Å²) in [6.45, 7) is 0. The Kier molecular flexibility index (Phi) is 4.59. The van der Waals surface area contributed by atoms with Crippen molar-refractivity contribution in [2.45, 2.75) is 63.5 Å². The third-order valence-corrected chi connectivity index (χ3v) is 6.33. The van der Waals surface area contributed by atoms with E-state index in [1.54, 1.807) is 6.20 Å². The van der Waals surface area contributed by atoms with E-state index in [-0.39, 0.29) is 11.9 Å². The molecule has 0 unspecified atom stereocenters. The average molecular weight is 374 g/mol. The summed E-state index contributed by atoms with van der Waals surface area (Å²) in [4.78, 5) is 21.8. The van der Waals surface area contributed by atoms with Crippen molar-refractivity contribution in [1.29, 1.82) is 0 Å². The second kappa shape index (κ2) is 7.38. The number of hydrogen-bond acceptors (Lipinski definition) is 3. The average Bonchev–Trinajstić information content (AvgIpc) is 3.23. The van der Waals surface area contributed by atoms with Gasteiger partial charge in [-0.15, -0.1) is 0 Å². The minimum Gasteiger partial charge on any atom is -0.349 e. The van der Waals surface area contributed by atoms with Gasteiger partial charge in [-0.05, 0) is 81.2 Å². The largest absolute Gasteiger partial charge is 0.349 e. The maximum Gasteiger partial charge on any atom is 0.253 e. The summed E-state index contributed by atoms with van der Waals surface area (Å²) in [5, 5.41) is 3.24. The zero-order chi connectivity index (χ0) is 18.9. The fourth-order valence-corrected chi connectivity index (χ4v) is 4.77. The Hall–Kier alpha value is -2.69. The lowest BCUT2D eigenvalue weighted by atomic mass is 9.90. The topological polar surface area (TPSA) is 59.8 Å². The highest BCUT2D eigenvalue weighted by Gasteiger charge is 2.25. The van der Waals surface area contributed by atoms with Crippen molar-refractivity contribution < 1.29 is 4.79 Å². The maximum atomic E-state index is 12.7. The number of hydrogen-bond donors (Lipinski definition) is 1. The fraction of sp³-hybridized carbons (Fsp3) is 0.435. The van der Waals surface area contributed by atoms with E-state index in [9.17, 15) is 4.79 Å². The highest BCUT2D eigenvalue weighted by molar-refractivity contribution is 5.94. The van der Waals surface area contributed by atoms with Gasteiger partial charge in [0.25, 0.3) is 5.91 Å². The number of rotatable bonds is 3. The predicted octanol–water partition coefficient (Wildman–Crippen LogP) is 4.18. The number of carbonyl (C=O) groups is 1. The quantitative estimate of drug-likeness (QED) is 0.748. The van der Waals surface area contributed by atoms with Crippen LogP contribution < -0.4 is 5.32 Å². The molecule has 0 saturated heterocycles. The lowest BCUT2D eigenvalue weighted by Crippen LogP contribution is -2.38. The molecule has 2 aliphatic carbocycles. The van der Waals surface area contributed by atoms with E-state index >= 15 is 0 Å². The first kappa shape index (κ1) is 17.4. The van der Waals surface area contributed by atoms with Crippen molar-refractivity contribution in [1.82, 2.24) is 19.9 Å². The Morgan fingerprint density at radius 2 is 1.93 bits per heavy atom. The van der Waals surface area contributed by atoms with E-state index in [1.165, 1.54) is 29.7 Å². The van der Waals surface area contributed by atoms with Crippen LogP contribution in [0, 0.1) is 0 Å². The van der Waals surface area contributed by atoms with E-state index in [0.717, 1.165) is 44.3 Å². The second-order valence-electron chi connectivity index (χ2n) is 8.16. The summed E-state index contributed by atoms with van der Waals surface area (Å²) in [6.07, 6.45) is 14.4. The highest BCUT2D eigenvalue weighted by Crippen LogP contribution is 2.32. The number of fused-ring (bicyclic) bond motifs is 2. The molecule has 3 heterocycles. The Morgan fingerprint density at radius 3 is 2.82 bits per heavy atom. The van der Waals surface area contributed by atoms with Gasteiger partial charge < -0.3 is 9.88 Å². The van der Waals surface area contributed by atoms with E-state index < -0.39 is 0 Å². The standard InChI is InChI=1S/C23H26N4O/c28-23(18-14-17-4-1-2-6-21(17)25-15-18)26-19-7-9-20(10-8-19)27-13-3-5-16-11-12-24-22(16)27/h3,5,11-15,19-20H,1-2,4,6-10H2,(H,26,28). The number of nitrogens with one attached hydrogen (secondary N) is 1. The summed E-state index contributed by atoms with van der Waals surface area (Å²) < 4.78 is 2.31. The SMILES string of the molecule is O=C(NC1CCC(n2cccc3ccnc2-3)CC1)c1cnc2c(c1)CCCC2. The Bertz CT molecular complexity index is 955. The molecule has 5 heteroatoms. The lowest BCUT2D eigenvalue weighted by molar-refractivity contribution is 0.0922. The van der Waals surface area contributed by atoms with Gasteiger partial charge in [0, 0.05) is 41.9 Å². The minimum atomic E-state index is 0.0248. The Labute approximate surface area is 165 Å². The third-order valence-electron chi connectivity index (χ3n) is 6.33. The van der Waals surface area contributed by atoms with Crippen LogP contribution in [-0.4, -0.2) is 26.5 Å². The number of carbonyl (C=O) groups excluding carboxylic acids is 1. The monoisotopic (exact) mass is 374 g/mol. The summed E-state index contributed by atoms with van der Waals surface area (Å²) in [5.41, 5.74) is 4.34. The van der Waals surface area contributed by atoms with E-state index in [2.05, 4.69) is 50.3 Å². The fourth-order valence-electron chi connectivity index (χ4n) is 4.77. The van der Waals surface area contributed by atoms with Crippen LogP contribution in [0.2, 0.25) is 0 Å². The molecule has 0 aromatic carbocycles. The molecule has 1 amide bonds. The molecule has 0 bridgehead atoms. The summed E-state index contributed by atoms with van der Waals surface area (Å²) in [5.74, 6) is 1.09. The first-order valence-electron chi connectivity index (χ1n) is 10.5. The van der Waals surface area contributed by atoms with E-state index in [0.29, 0.717) is 11.6 Å². The molecule has 2 aliphatic heterocycles. The molecule has 0 radical (unpaired) electrons. The van der Waals surface area contributed by atoms with E-state index in [4.69, 9.17) is 0 Å². The van der Waals surface area contributed by atoms with Crippen molar-refractivity contribution in [2.75, 3.05) is 0 Å². The second-order valence-corrected chi connectivity index (χ2v) is 8.16. The van der Waals surface area contributed by atoms with E-state index in [1.807, 2.05) is 6.20 Å². The highest BCUT2D eigenvalue weighted by atomic mass is 16.1. The van der Waals surface area contributed by atoms with Crippen LogP contribution in [0.15, 0.2) is 42.9 Å². The molecular weight excluding hydrogens is 348 g/mol. The van der Waals surface area contributed by atoms with Gasteiger partial charge in [-0.25, -0.2) is 4.98 Å². The molecule has 5 nitrogen and oxygen atoms in total. The molecule has 5 rings (SSSR count). The molecule has 144 valence electrons. The summed E-state index contributed by atoms with van der Waals surface area (Å²) in [7, 11) is 0. The maximum absolute atomic E-state index is 12.7. The molecule has 1 N–H and O–H groups in total. The number of nitrogens with zero attached hydrogens (tertiary/aromatic N) is 3. The van der Waals surface area contributed by atoms with Crippen LogP contribution in [0.3, 0.4) is 0 Å². The van der Waals surface area contributed by atoms with Crippen LogP contribution in [-0.2, 0) is 12.8 Å². The van der Waals surface area contributed by atoms with Gasteiger partial charge in [0.15, 0.2) is 0 Å². The van der Waals surface area contributed by atoms with Crippen LogP contribution >= 0.6 is 0 Å². The number of amides is 1. The van der Waals surface area contributed by atoms with Crippen molar-refractivity contribution in [3.63, 3.8) is 0 Å². The number of pyridine rings is 2.